The summed E-state index contributed by atoms with van der Waals surface area (Å²) in [5, 5.41) is 13.4. The molecule has 0 unspecified atom stereocenters. The van der Waals surface area contributed by atoms with Gasteiger partial charge in [-0.3, -0.25) is 0 Å². The average Bonchev–Trinajstić information content (AvgIpc) is 2.62. The van der Waals surface area contributed by atoms with Gasteiger partial charge in [0.1, 0.15) is 0 Å². The zero-order valence-electron chi connectivity index (χ0n) is 14.0. The Hall–Kier alpha value is -1.34. The van der Waals surface area contributed by atoms with E-state index in [9.17, 15) is 5.11 Å². The first-order valence-corrected chi connectivity index (χ1v) is 9.54. The number of rotatable bonds is 2. The maximum Gasteiger partial charge on any atom is 0.0609 e. The van der Waals surface area contributed by atoms with Gasteiger partial charge in [-0.05, 0) is 53.5 Å². The summed E-state index contributed by atoms with van der Waals surface area (Å²) < 4.78 is 0. The second-order valence-electron chi connectivity index (χ2n) is 7.58. The van der Waals surface area contributed by atoms with Crippen LogP contribution >= 0.6 is 0 Å². The van der Waals surface area contributed by atoms with E-state index in [0.717, 1.165) is 12.8 Å². The van der Waals surface area contributed by atoms with E-state index in [2.05, 4.69) is 36.4 Å². The molecule has 2 aromatic rings. The summed E-state index contributed by atoms with van der Waals surface area (Å²) in [5.41, 5.74) is 3.04. The minimum atomic E-state index is -0.156. The van der Waals surface area contributed by atoms with Crippen molar-refractivity contribution in [2.24, 2.45) is 0 Å². The number of hydrogen-bond acceptors (Lipinski definition) is 1. The number of hydrogen-bond donors (Lipinski definition) is 1. The van der Waals surface area contributed by atoms with Crippen LogP contribution in [-0.4, -0.2) is 11.2 Å². The monoisotopic (exact) mass is 308 g/mol. The molecule has 0 saturated heterocycles. The Morgan fingerprint density at radius 2 is 1.48 bits per heavy atom. The smallest absolute Gasteiger partial charge is 0.0609 e. The first kappa shape index (κ1) is 15.2. The third kappa shape index (κ3) is 2.92. The minimum absolute atomic E-state index is 0.156. The van der Waals surface area contributed by atoms with Crippen molar-refractivity contribution in [1.29, 1.82) is 0 Å². The van der Waals surface area contributed by atoms with Crippen LogP contribution < -0.4 is 0 Å². The molecule has 2 fully saturated rings. The highest BCUT2D eigenvalue weighted by molar-refractivity contribution is 5.87. The molecule has 0 heterocycles. The van der Waals surface area contributed by atoms with Crippen molar-refractivity contribution < 1.29 is 5.11 Å². The molecule has 0 amide bonds. The zero-order chi connectivity index (χ0) is 15.6. The maximum absolute atomic E-state index is 10.7. The second-order valence-corrected chi connectivity index (χ2v) is 7.58. The molecule has 1 nitrogen and oxygen atoms in total. The van der Waals surface area contributed by atoms with Crippen LogP contribution in [0.4, 0.5) is 0 Å². The Labute approximate surface area is 139 Å². The van der Waals surface area contributed by atoms with Crippen molar-refractivity contribution in [2.75, 3.05) is 0 Å². The van der Waals surface area contributed by atoms with Gasteiger partial charge in [0, 0.05) is 5.92 Å². The molecule has 2 atom stereocenters. The molecule has 0 aromatic heterocycles. The van der Waals surface area contributed by atoms with Crippen LogP contribution in [0.5, 0.6) is 0 Å². The van der Waals surface area contributed by atoms with Gasteiger partial charge >= 0.3 is 0 Å². The van der Waals surface area contributed by atoms with Gasteiger partial charge in [0.25, 0.3) is 0 Å². The van der Waals surface area contributed by atoms with Crippen molar-refractivity contribution in [3.8, 4) is 0 Å². The summed E-state index contributed by atoms with van der Waals surface area (Å²) in [5.74, 6) is 1.05. The molecule has 0 spiro atoms. The third-order valence-corrected chi connectivity index (χ3v) is 6.15. The quantitative estimate of drug-likeness (QED) is 0.731. The molecule has 23 heavy (non-hydrogen) atoms. The maximum atomic E-state index is 10.7. The lowest BCUT2D eigenvalue weighted by molar-refractivity contribution is 0.106. The van der Waals surface area contributed by atoms with Gasteiger partial charge in [0.2, 0.25) is 0 Å². The molecule has 2 aliphatic rings. The lowest BCUT2D eigenvalue weighted by atomic mass is 9.73. The Kier molecular flexibility index (Phi) is 4.39. The fourth-order valence-corrected chi connectivity index (χ4v) is 4.94. The Morgan fingerprint density at radius 1 is 0.739 bits per heavy atom. The molecule has 1 heteroatoms. The van der Waals surface area contributed by atoms with Crippen LogP contribution in [0.1, 0.15) is 80.8 Å². The van der Waals surface area contributed by atoms with Gasteiger partial charge in [0.15, 0.2) is 0 Å². The molecular formula is C22H28O. The van der Waals surface area contributed by atoms with Crippen molar-refractivity contribution in [2.45, 2.75) is 75.7 Å². The molecule has 2 aromatic carbocycles. The molecule has 4 rings (SSSR count). The number of aliphatic hydroxyl groups excluding tert-OH is 1. The fourth-order valence-electron chi connectivity index (χ4n) is 4.94. The molecule has 0 aliphatic heterocycles. The number of fused-ring (bicyclic) bond motifs is 1. The first-order chi connectivity index (χ1) is 11.3. The SMILES string of the molecule is O[C@@H]1CCCC[C@@H]1c1c(C2CCCCC2)ccc2ccccc12. The summed E-state index contributed by atoms with van der Waals surface area (Å²) in [7, 11) is 0. The first-order valence-electron chi connectivity index (χ1n) is 9.54. The molecule has 0 radical (unpaired) electrons. The van der Waals surface area contributed by atoms with Gasteiger partial charge in [-0.25, -0.2) is 0 Å². The van der Waals surface area contributed by atoms with E-state index >= 15 is 0 Å². The van der Waals surface area contributed by atoms with Crippen LogP contribution in [0.2, 0.25) is 0 Å². The largest absolute Gasteiger partial charge is 0.392 e. The molecule has 2 saturated carbocycles. The lowest BCUT2D eigenvalue weighted by Gasteiger charge is -2.33. The number of benzene rings is 2. The van der Waals surface area contributed by atoms with E-state index in [1.807, 2.05) is 0 Å². The van der Waals surface area contributed by atoms with E-state index in [1.165, 1.54) is 61.3 Å². The molecule has 1 N–H and O–H groups in total. The Bertz CT molecular complexity index is 669. The third-order valence-electron chi connectivity index (χ3n) is 6.15. The number of aliphatic hydroxyl groups is 1. The molecule has 2 aliphatic carbocycles. The van der Waals surface area contributed by atoms with Crippen molar-refractivity contribution in [1.82, 2.24) is 0 Å². The molecule has 122 valence electrons. The highest BCUT2D eigenvalue weighted by Gasteiger charge is 2.30. The summed E-state index contributed by atoms with van der Waals surface area (Å²) in [6.07, 6.45) is 11.2. The van der Waals surface area contributed by atoms with Crippen LogP contribution in [0, 0.1) is 0 Å². The van der Waals surface area contributed by atoms with Gasteiger partial charge < -0.3 is 5.11 Å². The van der Waals surface area contributed by atoms with E-state index in [1.54, 1.807) is 5.56 Å². The predicted octanol–water partition coefficient (Wildman–Crippen LogP) is 5.91. The minimum Gasteiger partial charge on any atom is -0.392 e. The summed E-state index contributed by atoms with van der Waals surface area (Å²) >= 11 is 0. The van der Waals surface area contributed by atoms with Crippen LogP contribution in [0.3, 0.4) is 0 Å². The Morgan fingerprint density at radius 3 is 2.30 bits per heavy atom. The highest BCUT2D eigenvalue weighted by atomic mass is 16.3. The van der Waals surface area contributed by atoms with E-state index in [-0.39, 0.29) is 6.10 Å². The normalized spacial score (nSPS) is 26.5. The fraction of sp³-hybridized carbons (Fsp3) is 0.545. The highest BCUT2D eigenvalue weighted by Crippen LogP contribution is 2.44. The topological polar surface area (TPSA) is 20.2 Å². The second kappa shape index (κ2) is 6.65. The summed E-state index contributed by atoms with van der Waals surface area (Å²) in [6, 6.07) is 13.5. The summed E-state index contributed by atoms with van der Waals surface area (Å²) in [4.78, 5) is 0. The van der Waals surface area contributed by atoms with Gasteiger partial charge in [0.05, 0.1) is 6.10 Å². The zero-order valence-corrected chi connectivity index (χ0v) is 14.0. The van der Waals surface area contributed by atoms with Crippen molar-refractivity contribution in [3.63, 3.8) is 0 Å². The van der Waals surface area contributed by atoms with Crippen molar-refractivity contribution in [3.05, 3.63) is 47.5 Å². The van der Waals surface area contributed by atoms with Gasteiger partial charge in [-0.15, -0.1) is 0 Å². The van der Waals surface area contributed by atoms with Crippen molar-refractivity contribution >= 4 is 10.8 Å². The summed E-state index contributed by atoms with van der Waals surface area (Å²) in [6.45, 7) is 0. The molecule has 0 bridgehead atoms. The lowest BCUT2D eigenvalue weighted by Crippen LogP contribution is -2.24. The molecular weight excluding hydrogens is 280 g/mol. The van der Waals surface area contributed by atoms with Crippen LogP contribution in [0.15, 0.2) is 36.4 Å². The van der Waals surface area contributed by atoms with Crippen LogP contribution in [-0.2, 0) is 0 Å². The van der Waals surface area contributed by atoms with E-state index in [4.69, 9.17) is 0 Å². The van der Waals surface area contributed by atoms with Gasteiger partial charge in [-0.2, -0.15) is 0 Å². The van der Waals surface area contributed by atoms with E-state index < -0.39 is 0 Å². The van der Waals surface area contributed by atoms with Crippen LogP contribution in [0.25, 0.3) is 10.8 Å². The average molecular weight is 308 g/mol. The Balaban J connectivity index is 1.85. The predicted molar refractivity (Wildman–Crippen MR) is 97.0 cm³/mol. The standard InChI is InChI=1S/C22H28O/c23-21-13-7-6-12-20(21)22-18-11-5-4-10-17(18)14-15-19(22)16-8-2-1-3-9-16/h4-5,10-11,14-16,20-21,23H,1-3,6-9,12-13H2/t20-,21+/m0/s1. The van der Waals surface area contributed by atoms with Gasteiger partial charge in [-0.1, -0.05) is 68.5 Å². The van der Waals surface area contributed by atoms with E-state index in [0.29, 0.717) is 11.8 Å².